The number of carbonyl (C=O) groups excluding carboxylic acids is 2. The molecule has 2 N–H and O–H groups in total. The van der Waals surface area contributed by atoms with Gasteiger partial charge < -0.3 is 4.74 Å². The summed E-state index contributed by atoms with van der Waals surface area (Å²) in [5, 5.41) is 0. The number of thiophene rings is 1. The molecular weight excluding hydrogens is 276 g/mol. The second kappa shape index (κ2) is 6.85. The van der Waals surface area contributed by atoms with E-state index in [1.165, 1.54) is 16.9 Å². The van der Waals surface area contributed by atoms with Crippen LogP contribution < -0.4 is 10.9 Å². The van der Waals surface area contributed by atoms with Crippen molar-refractivity contribution in [2.24, 2.45) is 0 Å². The normalized spacial score (nSPS) is 18.0. The number of nitrogens with one attached hydrogen (secondary N) is 2. The fourth-order valence-electron chi connectivity index (χ4n) is 2.19. The Morgan fingerprint density at radius 3 is 2.90 bits per heavy atom. The highest BCUT2D eigenvalue weighted by Gasteiger charge is 2.24. The predicted molar refractivity (Wildman–Crippen MR) is 77.6 cm³/mol. The second-order valence-electron chi connectivity index (χ2n) is 4.89. The van der Waals surface area contributed by atoms with Gasteiger partial charge in [0.25, 0.3) is 11.8 Å². The van der Waals surface area contributed by atoms with Gasteiger partial charge in [0.1, 0.15) is 6.10 Å². The minimum absolute atomic E-state index is 0.271. The summed E-state index contributed by atoms with van der Waals surface area (Å²) in [6.45, 7) is 4.73. The zero-order valence-electron chi connectivity index (χ0n) is 11.8. The molecule has 1 aliphatic rings. The van der Waals surface area contributed by atoms with Gasteiger partial charge in [-0.05, 0) is 37.8 Å². The van der Waals surface area contributed by atoms with E-state index in [0.29, 0.717) is 17.9 Å². The molecule has 0 spiro atoms. The minimum Gasteiger partial charge on any atom is -0.368 e. The van der Waals surface area contributed by atoms with Crippen LogP contribution in [0, 0.1) is 6.92 Å². The monoisotopic (exact) mass is 296 g/mol. The maximum Gasteiger partial charge on any atom is 0.279 e. The van der Waals surface area contributed by atoms with Crippen LogP contribution in [-0.4, -0.2) is 24.5 Å². The van der Waals surface area contributed by atoms with Crippen LogP contribution in [-0.2, 0) is 16.0 Å². The molecule has 1 aromatic heterocycles. The van der Waals surface area contributed by atoms with E-state index >= 15 is 0 Å². The predicted octanol–water partition coefficient (Wildman–Crippen LogP) is 1.95. The van der Waals surface area contributed by atoms with Crippen molar-refractivity contribution in [2.45, 2.75) is 45.6 Å². The lowest BCUT2D eigenvalue weighted by atomic mass is 10.1. The number of ether oxygens (including phenoxy) is 1. The first-order chi connectivity index (χ1) is 9.61. The fourth-order valence-corrected chi connectivity index (χ4v) is 3.16. The molecule has 2 heterocycles. The molecule has 1 unspecified atom stereocenters. The number of hydrazine groups is 1. The molecule has 6 heteroatoms. The van der Waals surface area contributed by atoms with Gasteiger partial charge in [-0.25, -0.2) is 0 Å². The number of carbonyl (C=O) groups is 2. The number of hydrogen-bond acceptors (Lipinski definition) is 4. The molecule has 1 aliphatic heterocycles. The highest BCUT2D eigenvalue weighted by atomic mass is 32.1. The molecule has 110 valence electrons. The molecule has 2 amide bonds. The van der Waals surface area contributed by atoms with Gasteiger partial charge in [0, 0.05) is 11.5 Å². The number of aryl methyl sites for hydroxylation is 2. The van der Waals surface area contributed by atoms with Crippen LogP contribution in [0.1, 0.15) is 46.3 Å². The van der Waals surface area contributed by atoms with Gasteiger partial charge in [-0.3, -0.25) is 20.4 Å². The lowest BCUT2D eigenvalue weighted by Crippen LogP contribution is -2.46. The third-order valence-corrected chi connectivity index (χ3v) is 4.38. The smallest absolute Gasteiger partial charge is 0.279 e. The highest BCUT2D eigenvalue weighted by Crippen LogP contribution is 2.22. The lowest BCUT2D eigenvalue weighted by Gasteiger charge is -2.10. The topological polar surface area (TPSA) is 67.4 Å². The maximum absolute atomic E-state index is 12.0. The molecule has 0 saturated carbocycles. The van der Waals surface area contributed by atoms with Crippen LogP contribution in [0.2, 0.25) is 0 Å². The number of hydrogen-bond donors (Lipinski definition) is 2. The molecule has 0 radical (unpaired) electrons. The second-order valence-corrected chi connectivity index (χ2v) is 6.14. The molecule has 20 heavy (non-hydrogen) atoms. The molecule has 1 aromatic rings. The van der Waals surface area contributed by atoms with Crippen molar-refractivity contribution < 1.29 is 14.3 Å². The Morgan fingerprint density at radius 1 is 1.45 bits per heavy atom. The van der Waals surface area contributed by atoms with Crippen LogP contribution in [0.4, 0.5) is 0 Å². The Bertz CT molecular complexity index is 493. The summed E-state index contributed by atoms with van der Waals surface area (Å²) in [5.41, 5.74) is 6.08. The first-order valence-corrected chi connectivity index (χ1v) is 7.74. The van der Waals surface area contributed by atoms with Crippen molar-refractivity contribution >= 4 is 23.2 Å². The Morgan fingerprint density at radius 2 is 2.25 bits per heavy atom. The van der Waals surface area contributed by atoms with Crippen molar-refractivity contribution in [3.05, 3.63) is 21.4 Å². The van der Waals surface area contributed by atoms with E-state index in [-0.39, 0.29) is 11.8 Å². The van der Waals surface area contributed by atoms with Crippen LogP contribution in [0.15, 0.2) is 6.07 Å². The molecule has 1 saturated heterocycles. The van der Waals surface area contributed by atoms with Crippen LogP contribution >= 0.6 is 11.3 Å². The van der Waals surface area contributed by atoms with Crippen molar-refractivity contribution in [1.29, 1.82) is 0 Å². The Hall–Kier alpha value is -1.40. The van der Waals surface area contributed by atoms with Gasteiger partial charge in [0.15, 0.2) is 0 Å². The summed E-state index contributed by atoms with van der Waals surface area (Å²) >= 11 is 1.45. The van der Waals surface area contributed by atoms with Gasteiger partial charge in [-0.2, -0.15) is 0 Å². The summed E-state index contributed by atoms with van der Waals surface area (Å²) in [5.74, 6) is -0.551. The average Bonchev–Trinajstić information content (AvgIpc) is 3.07. The van der Waals surface area contributed by atoms with Crippen LogP contribution in [0.5, 0.6) is 0 Å². The fraction of sp³-hybridized carbons (Fsp3) is 0.571. The van der Waals surface area contributed by atoms with Gasteiger partial charge in [0.05, 0.1) is 4.88 Å². The van der Waals surface area contributed by atoms with Crippen molar-refractivity contribution in [2.75, 3.05) is 6.61 Å². The average molecular weight is 296 g/mol. The Kier molecular flexibility index (Phi) is 5.14. The number of amides is 2. The zero-order valence-corrected chi connectivity index (χ0v) is 12.6. The van der Waals surface area contributed by atoms with Crippen molar-refractivity contribution in [3.63, 3.8) is 0 Å². The molecule has 2 rings (SSSR count). The summed E-state index contributed by atoms with van der Waals surface area (Å²) in [7, 11) is 0. The van der Waals surface area contributed by atoms with Gasteiger partial charge in [-0.1, -0.05) is 13.3 Å². The van der Waals surface area contributed by atoms with Gasteiger partial charge in [-0.15, -0.1) is 11.3 Å². The Labute approximate surface area is 122 Å². The van der Waals surface area contributed by atoms with Crippen LogP contribution in [0.3, 0.4) is 0 Å². The number of rotatable bonds is 4. The first kappa shape index (κ1) is 15.0. The highest BCUT2D eigenvalue weighted by molar-refractivity contribution is 7.14. The van der Waals surface area contributed by atoms with E-state index < -0.39 is 6.10 Å². The summed E-state index contributed by atoms with van der Waals surface area (Å²) in [6.07, 6.45) is 3.18. The quantitative estimate of drug-likeness (QED) is 0.835. The summed E-state index contributed by atoms with van der Waals surface area (Å²) in [4.78, 5) is 25.5. The third-order valence-electron chi connectivity index (χ3n) is 3.29. The largest absolute Gasteiger partial charge is 0.368 e. The standard InChI is InChI=1S/C14H20N2O3S/c1-3-5-10-8-12(20-9(10)2)14(18)16-15-13(17)11-6-4-7-19-11/h8,11H,3-7H2,1-2H3,(H,15,17)(H,16,18). The Balaban J connectivity index is 1.88. The molecule has 0 aromatic carbocycles. The summed E-state index contributed by atoms with van der Waals surface area (Å²) < 4.78 is 5.25. The van der Waals surface area contributed by atoms with E-state index in [1.807, 2.05) is 13.0 Å². The molecule has 0 aliphatic carbocycles. The lowest BCUT2D eigenvalue weighted by molar-refractivity contribution is -0.130. The van der Waals surface area contributed by atoms with Crippen molar-refractivity contribution in [3.8, 4) is 0 Å². The van der Waals surface area contributed by atoms with Crippen molar-refractivity contribution in [1.82, 2.24) is 10.9 Å². The van der Waals surface area contributed by atoms with E-state index in [2.05, 4.69) is 17.8 Å². The molecule has 0 bridgehead atoms. The summed E-state index contributed by atoms with van der Waals surface area (Å²) in [6, 6.07) is 1.90. The third kappa shape index (κ3) is 3.58. The van der Waals surface area contributed by atoms with E-state index in [1.54, 1.807) is 0 Å². The van der Waals surface area contributed by atoms with Crippen LogP contribution in [0.25, 0.3) is 0 Å². The minimum atomic E-state index is -0.434. The van der Waals surface area contributed by atoms with Gasteiger partial charge in [0.2, 0.25) is 0 Å². The molecular formula is C14H20N2O3S. The van der Waals surface area contributed by atoms with E-state index in [0.717, 1.165) is 24.1 Å². The SMILES string of the molecule is CCCc1cc(C(=O)NNC(=O)C2CCCO2)sc1C. The first-order valence-electron chi connectivity index (χ1n) is 6.93. The zero-order chi connectivity index (χ0) is 14.5. The van der Waals surface area contributed by atoms with E-state index in [4.69, 9.17) is 4.74 Å². The molecule has 1 fully saturated rings. The maximum atomic E-state index is 12.0. The molecule has 5 nitrogen and oxygen atoms in total. The van der Waals surface area contributed by atoms with E-state index in [9.17, 15) is 9.59 Å². The molecule has 1 atom stereocenters. The van der Waals surface area contributed by atoms with Gasteiger partial charge >= 0.3 is 0 Å².